The number of fused-ring (bicyclic) bond motifs is 2. The molecule has 5 rings (SSSR count). The van der Waals surface area contributed by atoms with E-state index in [1.54, 1.807) is 0 Å². The molecule has 1 aliphatic carbocycles. The van der Waals surface area contributed by atoms with Crippen molar-refractivity contribution in [3.05, 3.63) is 41.1 Å². The SMILES string of the molecule is c1cn(Cc2n[nH]c3c2CCCCC3)c(-c2cc3n(n2)CCCNC3)n1. The lowest BCUT2D eigenvalue weighted by Crippen LogP contribution is -2.11. The second-order valence-corrected chi connectivity index (χ2v) is 7.34. The summed E-state index contributed by atoms with van der Waals surface area (Å²) in [5.74, 6) is 0.927. The molecule has 2 N–H and O–H groups in total. The number of hydrogen-bond donors (Lipinski definition) is 2. The van der Waals surface area contributed by atoms with Crippen LogP contribution >= 0.6 is 0 Å². The Morgan fingerprint density at radius 2 is 2.08 bits per heavy atom. The molecule has 0 saturated carbocycles. The minimum absolute atomic E-state index is 0.752. The molecule has 2 aliphatic rings. The van der Waals surface area contributed by atoms with Crippen LogP contribution in [0.2, 0.25) is 0 Å². The fraction of sp³-hybridized carbons (Fsp3) is 0.526. The van der Waals surface area contributed by atoms with Crippen LogP contribution in [-0.4, -0.2) is 36.1 Å². The molecule has 136 valence electrons. The molecule has 1 aliphatic heterocycles. The molecule has 0 spiro atoms. The Labute approximate surface area is 152 Å². The van der Waals surface area contributed by atoms with Crippen LogP contribution in [0.4, 0.5) is 0 Å². The first-order chi connectivity index (χ1) is 12.9. The highest BCUT2D eigenvalue weighted by Crippen LogP contribution is 2.24. The first-order valence-corrected chi connectivity index (χ1v) is 9.72. The standard InChI is InChI=1S/C19H25N7/c1-2-5-15-16(6-3-1)22-23-18(15)13-25-10-8-21-19(25)17-11-14-12-20-7-4-9-26(14)24-17/h8,10-11,20H,1-7,9,12-13H2,(H,22,23). The highest BCUT2D eigenvalue weighted by atomic mass is 15.3. The molecule has 0 amide bonds. The van der Waals surface area contributed by atoms with Gasteiger partial charge in [-0.1, -0.05) is 6.42 Å². The zero-order chi connectivity index (χ0) is 17.3. The molecule has 0 fully saturated rings. The smallest absolute Gasteiger partial charge is 0.160 e. The van der Waals surface area contributed by atoms with E-state index in [-0.39, 0.29) is 0 Å². The lowest BCUT2D eigenvalue weighted by atomic mass is 10.1. The maximum atomic E-state index is 4.81. The third kappa shape index (κ3) is 2.86. The summed E-state index contributed by atoms with van der Waals surface area (Å²) in [7, 11) is 0. The van der Waals surface area contributed by atoms with Gasteiger partial charge in [0.15, 0.2) is 5.82 Å². The number of hydrogen-bond acceptors (Lipinski definition) is 4. The lowest BCUT2D eigenvalue weighted by Gasteiger charge is -2.07. The highest BCUT2D eigenvalue weighted by molar-refractivity contribution is 5.51. The Hall–Kier alpha value is -2.41. The summed E-state index contributed by atoms with van der Waals surface area (Å²) in [6, 6.07) is 2.17. The van der Waals surface area contributed by atoms with Gasteiger partial charge in [-0.3, -0.25) is 9.78 Å². The average Bonchev–Trinajstić information content (AvgIpc) is 3.27. The molecule has 0 saturated heterocycles. The molecule has 3 aromatic rings. The number of imidazole rings is 1. The van der Waals surface area contributed by atoms with Gasteiger partial charge in [0.1, 0.15) is 5.69 Å². The third-order valence-corrected chi connectivity index (χ3v) is 5.55. The summed E-state index contributed by atoms with van der Waals surface area (Å²) in [6.07, 6.45) is 11.1. The van der Waals surface area contributed by atoms with Crippen LogP contribution in [0.25, 0.3) is 11.5 Å². The molecule has 7 nitrogen and oxygen atoms in total. The van der Waals surface area contributed by atoms with Crippen molar-refractivity contribution in [2.45, 2.75) is 58.2 Å². The number of nitrogens with zero attached hydrogens (tertiary/aromatic N) is 5. The van der Waals surface area contributed by atoms with Gasteiger partial charge in [-0.15, -0.1) is 0 Å². The van der Waals surface area contributed by atoms with E-state index < -0.39 is 0 Å². The first kappa shape index (κ1) is 15.8. The molecule has 0 bridgehead atoms. The minimum atomic E-state index is 0.752. The number of rotatable bonds is 3. The summed E-state index contributed by atoms with van der Waals surface area (Å²) < 4.78 is 4.30. The van der Waals surface area contributed by atoms with E-state index in [1.165, 1.54) is 36.2 Å². The molecule has 0 aromatic carbocycles. The molecule has 0 atom stereocenters. The van der Waals surface area contributed by atoms with Crippen molar-refractivity contribution >= 4 is 0 Å². The normalized spacial score (nSPS) is 17.4. The number of aryl methyl sites for hydroxylation is 2. The molecule has 4 heterocycles. The van der Waals surface area contributed by atoms with Crippen molar-refractivity contribution in [2.75, 3.05) is 6.54 Å². The molecule has 7 heteroatoms. The molecule has 0 unspecified atom stereocenters. The van der Waals surface area contributed by atoms with Crippen LogP contribution in [0, 0.1) is 0 Å². The first-order valence-electron chi connectivity index (χ1n) is 9.72. The van der Waals surface area contributed by atoms with Gasteiger partial charge in [0.2, 0.25) is 0 Å². The van der Waals surface area contributed by atoms with Gasteiger partial charge in [0.05, 0.1) is 17.9 Å². The second-order valence-electron chi connectivity index (χ2n) is 7.34. The van der Waals surface area contributed by atoms with Crippen LogP contribution in [0.3, 0.4) is 0 Å². The zero-order valence-electron chi connectivity index (χ0n) is 15.0. The molecular formula is C19H25N7. The lowest BCUT2D eigenvalue weighted by molar-refractivity contribution is 0.587. The van der Waals surface area contributed by atoms with Crippen LogP contribution in [-0.2, 0) is 32.5 Å². The number of nitrogens with one attached hydrogen (secondary N) is 2. The van der Waals surface area contributed by atoms with Crippen molar-refractivity contribution in [3.8, 4) is 11.5 Å². The van der Waals surface area contributed by atoms with Gasteiger partial charge in [0.25, 0.3) is 0 Å². The number of H-pyrrole nitrogens is 1. The quantitative estimate of drug-likeness (QED) is 0.710. The van der Waals surface area contributed by atoms with Gasteiger partial charge < -0.3 is 9.88 Å². The Balaban J connectivity index is 1.44. The number of aromatic amines is 1. The van der Waals surface area contributed by atoms with Gasteiger partial charge in [-0.25, -0.2) is 4.98 Å². The van der Waals surface area contributed by atoms with Crippen molar-refractivity contribution in [3.63, 3.8) is 0 Å². The maximum Gasteiger partial charge on any atom is 0.160 e. The fourth-order valence-electron chi connectivity index (χ4n) is 4.16. The van der Waals surface area contributed by atoms with E-state index in [0.29, 0.717) is 0 Å². The van der Waals surface area contributed by atoms with Gasteiger partial charge in [0, 0.05) is 31.2 Å². The van der Waals surface area contributed by atoms with Crippen LogP contribution in [0.5, 0.6) is 0 Å². The predicted octanol–water partition coefficient (Wildman–Crippen LogP) is 2.28. The number of aromatic nitrogens is 6. The van der Waals surface area contributed by atoms with E-state index >= 15 is 0 Å². The van der Waals surface area contributed by atoms with Crippen molar-refractivity contribution in [1.82, 2.24) is 34.8 Å². The van der Waals surface area contributed by atoms with Crippen molar-refractivity contribution < 1.29 is 0 Å². The predicted molar refractivity (Wildman–Crippen MR) is 98.7 cm³/mol. The van der Waals surface area contributed by atoms with Crippen LogP contribution in [0.15, 0.2) is 18.5 Å². The van der Waals surface area contributed by atoms with Gasteiger partial charge >= 0.3 is 0 Å². The fourth-order valence-corrected chi connectivity index (χ4v) is 4.16. The van der Waals surface area contributed by atoms with Crippen LogP contribution in [0.1, 0.15) is 48.3 Å². The van der Waals surface area contributed by atoms with Crippen molar-refractivity contribution in [2.24, 2.45) is 0 Å². The summed E-state index contributed by atoms with van der Waals surface area (Å²) >= 11 is 0. The second kappa shape index (κ2) is 6.72. The highest BCUT2D eigenvalue weighted by Gasteiger charge is 2.19. The van der Waals surface area contributed by atoms with Crippen LogP contribution < -0.4 is 5.32 Å². The summed E-state index contributed by atoms with van der Waals surface area (Å²) in [5, 5.41) is 16.2. The van der Waals surface area contributed by atoms with Gasteiger partial charge in [-0.2, -0.15) is 10.2 Å². The Kier molecular flexibility index (Phi) is 4.09. The zero-order valence-corrected chi connectivity index (χ0v) is 15.0. The largest absolute Gasteiger partial charge is 0.324 e. The Bertz CT molecular complexity index is 878. The van der Waals surface area contributed by atoms with E-state index in [4.69, 9.17) is 5.10 Å². The summed E-state index contributed by atoms with van der Waals surface area (Å²) in [4.78, 5) is 4.59. The molecule has 26 heavy (non-hydrogen) atoms. The maximum absolute atomic E-state index is 4.81. The van der Waals surface area contributed by atoms with Crippen molar-refractivity contribution in [1.29, 1.82) is 0 Å². The minimum Gasteiger partial charge on any atom is -0.324 e. The summed E-state index contributed by atoms with van der Waals surface area (Å²) in [6.45, 7) is 3.65. The third-order valence-electron chi connectivity index (χ3n) is 5.55. The van der Waals surface area contributed by atoms with E-state index in [0.717, 1.165) is 62.7 Å². The van der Waals surface area contributed by atoms with E-state index in [1.807, 2.05) is 12.4 Å². The average molecular weight is 351 g/mol. The summed E-state index contributed by atoms with van der Waals surface area (Å²) in [5.41, 5.74) is 6.10. The molecule has 0 radical (unpaired) electrons. The molecular weight excluding hydrogens is 326 g/mol. The van der Waals surface area contributed by atoms with E-state index in [2.05, 4.69) is 35.8 Å². The Morgan fingerprint density at radius 3 is 3.08 bits per heavy atom. The topological polar surface area (TPSA) is 76.3 Å². The van der Waals surface area contributed by atoms with E-state index in [9.17, 15) is 0 Å². The Morgan fingerprint density at radius 1 is 1.12 bits per heavy atom. The molecule has 3 aromatic heterocycles. The van der Waals surface area contributed by atoms with Gasteiger partial charge in [-0.05, 0) is 50.3 Å². The monoisotopic (exact) mass is 351 g/mol.